The molecule has 2 rings (SSSR count). The molecule has 1 amide bonds. The van der Waals surface area contributed by atoms with Gasteiger partial charge in [0.1, 0.15) is 5.75 Å². The summed E-state index contributed by atoms with van der Waals surface area (Å²) in [5, 5.41) is 12.0. The highest BCUT2D eigenvalue weighted by Crippen LogP contribution is 2.26. The highest BCUT2D eigenvalue weighted by molar-refractivity contribution is 5.88. The first-order valence-corrected chi connectivity index (χ1v) is 8.52. The maximum absolute atomic E-state index is 12.7. The second-order valence-corrected chi connectivity index (χ2v) is 6.78. The van der Waals surface area contributed by atoms with Gasteiger partial charge in [0.2, 0.25) is 5.91 Å². The van der Waals surface area contributed by atoms with Crippen molar-refractivity contribution >= 4 is 11.9 Å². The molecule has 26 heavy (non-hydrogen) atoms. The van der Waals surface area contributed by atoms with Crippen LogP contribution in [0.1, 0.15) is 40.9 Å². The monoisotopic (exact) mass is 355 g/mol. The average molecular weight is 355 g/mol. The van der Waals surface area contributed by atoms with Gasteiger partial charge in [0.25, 0.3) is 0 Å². The number of carbonyl (C=O) groups excluding carboxylic acids is 1. The van der Waals surface area contributed by atoms with Crippen molar-refractivity contribution in [3.05, 3.63) is 64.7 Å². The number of aryl methyl sites for hydroxylation is 1. The van der Waals surface area contributed by atoms with E-state index in [1.54, 1.807) is 12.1 Å². The summed E-state index contributed by atoms with van der Waals surface area (Å²) >= 11 is 0. The first-order chi connectivity index (χ1) is 12.3. The topological polar surface area (TPSA) is 75.6 Å². The highest BCUT2D eigenvalue weighted by atomic mass is 16.5. The number of carbonyl (C=O) groups is 2. The van der Waals surface area contributed by atoms with Gasteiger partial charge in [-0.2, -0.15) is 0 Å². The van der Waals surface area contributed by atoms with Gasteiger partial charge in [-0.1, -0.05) is 30.3 Å². The van der Waals surface area contributed by atoms with Crippen LogP contribution in [-0.2, 0) is 16.6 Å². The van der Waals surface area contributed by atoms with E-state index in [4.69, 9.17) is 9.84 Å². The Morgan fingerprint density at radius 1 is 1.15 bits per heavy atom. The van der Waals surface area contributed by atoms with Gasteiger partial charge in [-0.05, 0) is 56.0 Å². The predicted octanol–water partition coefficient (Wildman–Crippen LogP) is 3.34. The number of amides is 1. The molecule has 0 bridgehead atoms. The zero-order valence-electron chi connectivity index (χ0n) is 15.6. The van der Waals surface area contributed by atoms with E-state index in [1.165, 1.54) is 13.2 Å². The molecule has 0 aromatic heterocycles. The molecule has 0 saturated carbocycles. The molecule has 0 heterocycles. The quantitative estimate of drug-likeness (QED) is 0.799. The number of benzene rings is 2. The van der Waals surface area contributed by atoms with Crippen molar-refractivity contribution in [3.8, 4) is 5.75 Å². The fraction of sp³-hybridized carbons (Fsp3) is 0.333. The number of methoxy groups -OCH3 is 1. The van der Waals surface area contributed by atoms with Crippen LogP contribution in [0.3, 0.4) is 0 Å². The van der Waals surface area contributed by atoms with Gasteiger partial charge in [-0.15, -0.1) is 0 Å². The molecule has 2 aromatic rings. The third-order valence-corrected chi connectivity index (χ3v) is 4.60. The molecule has 2 N–H and O–H groups in total. The van der Waals surface area contributed by atoms with Crippen molar-refractivity contribution in [2.75, 3.05) is 13.7 Å². The number of hydrogen-bond acceptors (Lipinski definition) is 3. The lowest BCUT2D eigenvalue weighted by molar-refractivity contribution is -0.125. The van der Waals surface area contributed by atoms with E-state index >= 15 is 0 Å². The molecule has 0 unspecified atom stereocenters. The number of rotatable bonds is 7. The fourth-order valence-corrected chi connectivity index (χ4v) is 3.01. The zero-order valence-corrected chi connectivity index (χ0v) is 15.6. The highest BCUT2D eigenvalue weighted by Gasteiger charge is 2.30. The summed E-state index contributed by atoms with van der Waals surface area (Å²) in [6, 6.07) is 12.6. The Morgan fingerprint density at radius 2 is 1.85 bits per heavy atom. The molecule has 0 aliphatic carbocycles. The van der Waals surface area contributed by atoms with Gasteiger partial charge < -0.3 is 15.2 Å². The Kier molecular flexibility index (Phi) is 6.03. The lowest BCUT2D eigenvalue weighted by Crippen LogP contribution is -2.41. The molecular formula is C21H25NO4. The number of carboxylic acid groups (broad SMARTS) is 1. The van der Waals surface area contributed by atoms with Gasteiger partial charge in [-0.25, -0.2) is 4.79 Å². The average Bonchev–Trinajstić information content (AvgIpc) is 2.61. The zero-order chi connectivity index (χ0) is 19.3. The van der Waals surface area contributed by atoms with E-state index in [-0.39, 0.29) is 11.5 Å². The molecule has 0 spiro atoms. The van der Waals surface area contributed by atoms with Gasteiger partial charge in [0.05, 0.1) is 18.1 Å². The Bertz CT molecular complexity index is 811. The van der Waals surface area contributed by atoms with Crippen LogP contribution in [0.2, 0.25) is 0 Å². The van der Waals surface area contributed by atoms with Gasteiger partial charge in [0, 0.05) is 6.54 Å². The van der Waals surface area contributed by atoms with Crippen LogP contribution in [0.4, 0.5) is 0 Å². The summed E-state index contributed by atoms with van der Waals surface area (Å²) in [6.07, 6.45) is 0.554. The summed E-state index contributed by atoms with van der Waals surface area (Å²) < 4.78 is 5.27. The van der Waals surface area contributed by atoms with Crippen molar-refractivity contribution in [2.24, 2.45) is 0 Å². The van der Waals surface area contributed by atoms with Crippen LogP contribution in [0.5, 0.6) is 5.75 Å². The third kappa shape index (κ3) is 4.23. The molecule has 0 aliphatic heterocycles. The number of aromatic carboxylic acids is 1. The minimum absolute atomic E-state index is 0.0482. The Labute approximate surface area is 154 Å². The summed E-state index contributed by atoms with van der Waals surface area (Å²) in [5.41, 5.74) is 2.48. The summed E-state index contributed by atoms with van der Waals surface area (Å²) in [6.45, 7) is 6.26. The molecule has 2 aromatic carbocycles. The maximum Gasteiger partial charge on any atom is 0.335 e. The van der Waals surface area contributed by atoms with Crippen LogP contribution in [0.15, 0.2) is 42.5 Å². The number of ether oxygens (including phenoxy) is 1. The standard InChI is InChI=1S/C21H25NO4/c1-14-7-5-6-8-17(14)21(2,3)20(25)22-12-11-15-9-10-16(19(23)24)13-18(15)26-4/h5-10,13H,11-12H2,1-4H3,(H,22,25)(H,23,24). The minimum atomic E-state index is -0.997. The van der Waals surface area contributed by atoms with Crippen LogP contribution >= 0.6 is 0 Å². The largest absolute Gasteiger partial charge is 0.496 e. The van der Waals surface area contributed by atoms with E-state index in [0.717, 1.165) is 16.7 Å². The molecule has 0 saturated heterocycles. The minimum Gasteiger partial charge on any atom is -0.496 e. The Morgan fingerprint density at radius 3 is 2.46 bits per heavy atom. The van der Waals surface area contributed by atoms with Gasteiger partial charge in [0.15, 0.2) is 0 Å². The lowest BCUT2D eigenvalue weighted by atomic mass is 9.81. The van der Waals surface area contributed by atoms with Crippen molar-refractivity contribution in [1.29, 1.82) is 0 Å². The second-order valence-electron chi connectivity index (χ2n) is 6.78. The molecule has 5 nitrogen and oxygen atoms in total. The molecule has 0 fully saturated rings. The Balaban J connectivity index is 2.04. The summed E-state index contributed by atoms with van der Waals surface area (Å²) in [7, 11) is 1.50. The molecule has 5 heteroatoms. The maximum atomic E-state index is 12.7. The molecule has 0 atom stereocenters. The van der Waals surface area contributed by atoms with Crippen LogP contribution < -0.4 is 10.1 Å². The summed E-state index contributed by atoms with van der Waals surface area (Å²) in [5.74, 6) is -0.534. The van der Waals surface area contributed by atoms with Crippen LogP contribution in [0, 0.1) is 6.92 Å². The van der Waals surface area contributed by atoms with Crippen molar-refractivity contribution in [1.82, 2.24) is 5.32 Å². The molecular weight excluding hydrogens is 330 g/mol. The molecule has 0 aliphatic rings. The number of hydrogen-bond donors (Lipinski definition) is 2. The first kappa shape index (κ1) is 19.5. The number of nitrogens with one attached hydrogen (secondary N) is 1. The van der Waals surface area contributed by atoms with Gasteiger partial charge >= 0.3 is 5.97 Å². The van der Waals surface area contributed by atoms with Crippen molar-refractivity contribution < 1.29 is 19.4 Å². The second kappa shape index (κ2) is 8.04. The van der Waals surface area contributed by atoms with E-state index in [9.17, 15) is 9.59 Å². The number of carboxylic acids is 1. The van der Waals surface area contributed by atoms with E-state index < -0.39 is 11.4 Å². The first-order valence-electron chi connectivity index (χ1n) is 8.52. The van der Waals surface area contributed by atoms with E-state index in [0.29, 0.717) is 18.7 Å². The van der Waals surface area contributed by atoms with Crippen LogP contribution in [0.25, 0.3) is 0 Å². The third-order valence-electron chi connectivity index (χ3n) is 4.60. The smallest absolute Gasteiger partial charge is 0.335 e. The van der Waals surface area contributed by atoms with Crippen LogP contribution in [-0.4, -0.2) is 30.6 Å². The predicted molar refractivity (Wildman–Crippen MR) is 101 cm³/mol. The normalized spacial score (nSPS) is 11.1. The molecule has 0 radical (unpaired) electrons. The van der Waals surface area contributed by atoms with E-state index in [1.807, 2.05) is 45.0 Å². The summed E-state index contributed by atoms with van der Waals surface area (Å²) in [4.78, 5) is 23.7. The fourth-order valence-electron chi connectivity index (χ4n) is 3.01. The Hall–Kier alpha value is -2.82. The van der Waals surface area contributed by atoms with Crippen molar-refractivity contribution in [3.63, 3.8) is 0 Å². The van der Waals surface area contributed by atoms with E-state index in [2.05, 4.69) is 5.32 Å². The SMILES string of the molecule is COc1cc(C(=O)O)ccc1CCNC(=O)C(C)(C)c1ccccc1C. The van der Waals surface area contributed by atoms with Gasteiger partial charge in [-0.3, -0.25) is 4.79 Å². The lowest BCUT2D eigenvalue weighted by Gasteiger charge is -2.26. The molecule has 138 valence electrons. The van der Waals surface area contributed by atoms with Crippen molar-refractivity contribution in [2.45, 2.75) is 32.6 Å².